The van der Waals surface area contributed by atoms with Crippen molar-refractivity contribution in [2.45, 2.75) is 20.0 Å². The Labute approximate surface area is 255 Å². The number of anilines is 1. The van der Waals surface area contributed by atoms with Gasteiger partial charge in [-0.05, 0) is 60.7 Å². The summed E-state index contributed by atoms with van der Waals surface area (Å²) in [6.07, 6.45) is 2.18. The summed E-state index contributed by atoms with van der Waals surface area (Å²) in [5, 5.41) is 3.12. The molecule has 1 heterocycles. The number of hydrogen-bond donors (Lipinski definition) is 1. The standard InChI is InChI=1S/C29H23Cl3N2O6S/c1-2-11-39-28(37)21-14-20(9-10-22(21)31)33-26(35)15-34-27(36)25(41-29(34)38)12-17-5-3-4-6-24(17)40-16-18-7-8-19(30)13-23(18)32/h3-10,12-14H,2,11,15-16H2,1H3,(H,33,35)/b25-12+. The summed E-state index contributed by atoms with van der Waals surface area (Å²) < 4.78 is 11.0. The van der Waals surface area contributed by atoms with E-state index < -0.39 is 29.6 Å². The molecule has 1 fully saturated rings. The number of carbonyl (C=O) groups is 4. The minimum Gasteiger partial charge on any atom is -0.488 e. The number of nitrogens with zero attached hydrogens (tertiary/aromatic N) is 1. The van der Waals surface area contributed by atoms with Crippen molar-refractivity contribution in [1.82, 2.24) is 4.90 Å². The highest BCUT2D eigenvalue weighted by Gasteiger charge is 2.36. The second-order valence-electron chi connectivity index (χ2n) is 8.71. The fraction of sp³-hybridized carbons (Fsp3) is 0.172. The van der Waals surface area contributed by atoms with Crippen LogP contribution in [0.2, 0.25) is 15.1 Å². The molecule has 1 aliphatic heterocycles. The second-order valence-corrected chi connectivity index (χ2v) is 11.0. The molecular weight excluding hydrogens is 611 g/mol. The quantitative estimate of drug-likeness (QED) is 0.183. The molecule has 1 saturated heterocycles. The molecule has 0 aromatic heterocycles. The first-order valence-electron chi connectivity index (χ1n) is 12.3. The molecule has 1 aliphatic rings. The fourth-order valence-electron chi connectivity index (χ4n) is 3.68. The van der Waals surface area contributed by atoms with Crippen LogP contribution in [-0.2, 0) is 20.9 Å². The first-order chi connectivity index (χ1) is 19.7. The molecule has 0 saturated carbocycles. The van der Waals surface area contributed by atoms with Crippen LogP contribution in [0.3, 0.4) is 0 Å². The minimum atomic E-state index is -0.632. The van der Waals surface area contributed by atoms with Gasteiger partial charge in [0.1, 0.15) is 18.9 Å². The van der Waals surface area contributed by atoms with Crippen molar-refractivity contribution in [2.24, 2.45) is 0 Å². The molecule has 0 bridgehead atoms. The van der Waals surface area contributed by atoms with E-state index in [9.17, 15) is 19.2 Å². The summed E-state index contributed by atoms with van der Waals surface area (Å²) in [6.45, 7) is 1.72. The topological polar surface area (TPSA) is 102 Å². The second kappa shape index (κ2) is 13.9. The number of halogens is 3. The van der Waals surface area contributed by atoms with Crippen LogP contribution in [0.5, 0.6) is 5.75 Å². The van der Waals surface area contributed by atoms with Crippen molar-refractivity contribution in [3.63, 3.8) is 0 Å². The van der Waals surface area contributed by atoms with Crippen molar-refractivity contribution >= 4 is 81.4 Å². The zero-order valence-corrected chi connectivity index (χ0v) is 24.7. The molecule has 0 atom stereocenters. The van der Waals surface area contributed by atoms with Gasteiger partial charge in [-0.2, -0.15) is 0 Å². The van der Waals surface area contributed by atoms with Crippen molar-refractivity contribution in [3.8, 4) is 5.75 Å². The summed E-state index contributed by atoms with van der Waals surface area (Å²) in [6, 6.07) is 16.4. The molecule has 41 heavy (non-hydrogen) atoms. The van der Waals surface area contributed by atoms with Crippen LogP contribution in [-0.4, -0.2) is 41.1 Å². The van der Waals surface area contributed by atoms with E-state index in [2.05, 4.69) is 5.32 Å². The molecule has 212 valence electrons. The van der Waals surface area contributed by atoms with Gasteiger partial charge in [0.25, 0.3) is 11.1 Å². The van der Waals surface area contributed by atoms with Crippen LogP contribution in [0.15, 0.2) is 65.6 Å². The van der Waals surface area contributed by atoms with Gasteiger partial charge in [0.15, 0.2) is 0 Å². The third-order valence-corrected chi connectivity index (χ3v) is 7.51. The monoisotopic (exact) mass is 632 g/mol. The number of rotatable bonds is 10. The van der Waals surface area contributed by atoms with Gasteiger partial charge in [0.05, 0.1) is 22.1 Å². The Morgan fingerprint density at radius 3 is 2.54 bits per heavy atom. The molecule has 0 spiro atoms. The van der Waals surface area contributed by atoms with Crippen molar-refractivity contribution in [3.05, 3.63) is 97.3 Å². The highest BCUT2D eigenvalue weighted by atomic mass is 35.5. The van der Waals surface area contributed by atoms with E-state index in [1.807, 2.05) is 6.92 Å². The Bertz CT molecular complexity index is 1540. The lowest BCUT2D eigenvalue weighted by Gasteiger charge is -2.13. The number of thioether (sulfide) groups is 1. The average Bonchev–Trinajstić information content (AvgIpc) is 3.20. The zero-order chi connectivity index (χ0) is 29.5. The molecule has 3 aromatic rings. The van der Waals surface area contributed by atoms with E-state index in [0.717, 1.165) is 10.5 Å². The highest BCUT2D eigenvalue weighted by molar-refractivity contribution is 8.18. The lowest BCUT2D eigenvalue weighted by molar-refractivity contribution is -0.127. The van der Waals surface area contributed by atoms with Gasteiger partial charge in [0.2, 0.25) is 5.91 Å². The van der Waals surface area contributed by atoms with Crippen LogP contribution in [0, 0.1) is 0 Å². The summed E-state index contributed by atoms with van der Waals surface area (Å²) in [5.41, 5.74) is 1.64. The maximum Gasteiger partial charge on any atom is 0.339 e. The highest BCUT2D eigenvalue weighted by Crippen LogP contribution is 2.34. The summed E-state index contributed by atoms with van der Waals surface area (Å²) in [4.78, 5) is 51.6. The zero-order valence-electron chi connectivity index (χ0n) is 21.6. The molecule has 4 rings (SSSR count). The van der Waals surface area contributed by atoms with Crippen LogP contribution in [0.1, 0.15) is 34.8 Å². The van der Waals surface area contributed by atoms with Crippen molar-refractivity contribution in [1.29, 1.82) is 0 Å². The van der Waals surface area contributed by atoms with E-state index in [0.29, 0.717) is 39.5 Å². The third-order valence-electron chi connectivity index (χ3n) is 5.69. The number of nitrogens with one attached hydrogen (secondary N) is 1. The maximum atomic E-state index is 13.1. The van der Waals surface area contributed by atoms with Gasteiger partial charge in [-0.3, -0.25) is 19.3 Å². The smallest absolute Gasteiger partial charge is 0.339 e. The molecule has 0 radical (unpaired) electrons. The number of para-hydroxylation sites is 1. The first kappa shape index (κ1) is 30.5. The van der Waals surface area contributed by atoms with E-state index in [1.165, 1.54) is 24.3 Å². The number of imide groups is 1. The van der Waals surface area contributed by atoms with Crippen molar-refractivity contribution in [2.75, 3.05) is 18.5 Å². The van der Waals surface area contributed by atoms with E-state index in [-0.39, 0.29) is 34.4 Å². The van der Waals surface area contributed by atoms with Crippen LogP contribution < -0.4 is 10.1 Å². The van der Waals surface area contributed by atoms with Crippen LogP contribution >= 0.6 is 46.6 Å². The average molecular weight is 634 g/mol. The molecule has 1 N–H and O–H groups in total. The number of ether oxygens (including phenoxy) is 2. The number of benzene rings is 3. The first-order valence-corrected chi connectivity index (χ1v) is 14.3. The van der Waals surface area contributed by atoms with Gasteiger partial charge in [-0.1, -0.05) is 66.0 Å². The Hall–Kier alpha value is -3.50. The largest absolute Gasteiger partial charge is 0.488 e. The fourth-order valence-corrected chi connectivity index (χ4v) is 5.17. The third kappa shape index (κ3) is 7.83. The summed E-state index contributed by atoms with van der Waals surface area (Å²) in [5.74, 6) is -1.40. The van der Waals surface area contributed by atoms with Crippen LogP contribution in [0.25, 0.3) is 6.08 Å². The maximum absolute atomic E-state index is 13.1. The number of carbonyl (C=O) groups excluding carboxylic acids is 4. The minimum absolute atomic E-state index is 0.0891. The number of amides is 3. The lowest BCUT2D eigenvalue weighted by Crippen LogP contribution is -2.36. The van der Waals surface area contributed by atoms with Gasteiger partial charge < -0.3 is 14.8 Å². The van der Waals surface area contributed by atoms with Crippen LogP contribution in [0.4, 0.5) is 10.5 Å². The summed E-state index contributed by atoms with van der Waals surface area (Å²) >= 11 is 19.0. The van der Waals surface area contributed by atoms with Gasteiger partial charge in [-0.15, -0.1) is 0 Å². The molecule has 3 aromatic carbocycles. The van der Waals surface area contributed by atoms with Crippen molar-refractivity contribution < 1.29 is 28.7 Å². The Kier molecular flexibility index (Phi) is 10.3. The Morgan fingerprint density at radius 1 is 1.00 bits per heavy atom. The summed E-state index contributed by atoms with van der Waals surface area (Å²) in [7, 11) is 0. The molecule has 3 amide bonds. The Morgan fingerprint density at radius 2 is 1.78 bits per heavy atom. The number of esters is 1. The molecule has 12 heteroatoms. The van der Waals surface area contributed by atoms with E-state index in [1.54, 1.807) is 42.5 Å². The molecule has 8 nitrogen and oxygen atoms in total. The van der Waals surface area contributed by atoms with Gasteiger partial charge >= 0.3 is 5.97 Å². The normalized spacial score (nSPS) is 14.0. The molecule has 0 aliphatic carbocycles. The predicted octanol–water partition coefficient (Wildman–Crippen LogP) is 7.47. The van der Waals surface area contributed by atoms with E-state index in [4.69, 9.17) is 44.3 Å². The molecule has 0 unspecified atom stereocenters. The molecular formula is C29H23Cl3N2O6S. The Balaban J connectivity index is 1.43. The van der Waals surface area contributed by atoms with Gasteiger partial charge in [-0.25, -0.2) is 4.79 Å². The van der Waals surface area contributed by atoms with Gasteiger partial charge in [0, 0.05) is 26.9 Å². The SMILES string of the molecule is CCCOC(=O)c1cc(NC(=O)CN2C(=O)S/C(=C/c3ccccc3OCc3ccc(Cl)cc3Cl)C2=O)ccc1Cl. The number of hydrogen-bond acceptors (Lipinski definition) is 7. The lowest BCUT2D eigenvalue weighted by atomic mass is 10.1. The van der Waals surface area contributed by atoms with E-state index >= 15 is 0 Å². The predicted molar refractivity (Wildman–Crippen MR) is 161 cm³/mol.